The highest BCUT2D eigenvalue weighted by Gasteiger charge is 2.15. The molecule has 1 unspecified atom stereocenters. The van der Waals surface area contributed by atoms with Crippen LogP contribution in [0.15, 0.2) is 23.2 Å². The van der Waals surface area contributed by atoms with Gasteiger partial charge in [0.15, 0.2) is 5.17 Å². The molecule has 0 aliphatic carbocycles. The largest absolute Gasteiger partial charge is 0.333 e. The van der Waals surface area contributed by atoms with Crippen LogP contribution in [0.4, 0.5) is 10.1 Å². The van der Waals surface area contributed by atoms with Gasteiger partial charge in [0, 0.05) is 5.75 Å². The highest BCUT2D eigenvalue weighted by atomic mass is 32.2. The predicted octanol–water partition coefficient (Wildman–Crippen LogP) is 3.38. The Labute approximate surface area is 110 Å². The number of amidine groups is 1. The molecule has 94 valence electrons. The summed E-state index contributed by atoms with van der Waals surface area (Å²) in [5.74, 6) is 0.582. The van der Waals surface area contributed by atoms with Crippen molar-refractivity contribution >= 4 is 22.6 Å². The summed E-state index contributed by atoms with van der Waals surface area (Å²) in [5, 5.41) is 12.4. The highest BCUT2D eigenvalue weighted by molar-refractivity contribution is 8.14. The van der Waals surface area contributed by atoms with E-state index in [1.165, 1.54) is 6.07 Å². The van der Waals surface area contributed by atoms with E-state index in [1.54, 1.807) is 23.9 Å². The van der Waals surface area contributed by atoms with Gasteiger partial charge in [0.1, 0.15) is 5.82 Å². The van der Waals surface area contributed by atoms with Crippen molar-refractivity contribution in [3.05, 3.63) is 29.6 Å². The van der Waals surface area contributed by atoms with Gasteiger partial charge in [0.05, 0.1) is 23.4 Å². The predicted molar refractivity (Wildman–Crippen MR) is 73.3 cm³/mol. The molecule has 0 aromatic heterocycles. The zero-order valence-corrected chi connectivity index (χ0v) is 10.9. The van der Waals surface area contributed by atoms with Crippen LogP contribution in [0.1, 0.15) is 25.3 Å². The average Bonchev–Trinajstić information content (AvgIpc) is 2.41. The fourth-order valence-corrected chi connectivity index (χ4v) is 2.71. The van der Waals surface area contributed by atoms with Gasteiger partial charge in [-0.25, -0.2) is 4.39 Å². The number of nitrogens with zero attached hydrogens (tertiary/aromatic N) is 2. The first-order chi connectivity index (χ1) is 8.72. The molecule has 0 saturated heterocycles. The van der Waals surface area contributed by atoms with Crippen molar-refractivity contribution in [2.75, 3.05) is 11.1 Å². The topological polar surface area (TPSA) is 48.2 Å². The number of halogens is 1. The summed E-state index contributed by atoms with van der Waals surface area (Å²) < 4.78 is 13.7. The minimum absolute atomic E-state index is 0.322. The maximum absolute atomic E-state index is 13.7. The van der Waals surface area contributed by atoms with Gasteiger partial charge in [-0.3, -0.25) is 4.99 Å². The van der Waals surface area contributed by atoms with Crippen molar-refractivity contribution in [2.24, 2.45) is 4.99 Å². The van der Waals surface area contributed by atoms with Crippen LogP contribution in [0.3, 0.4) is 0 Å². The van der Waals surface area contributed by atoms with E-state index < -0.39 is 5.82 Å². The summed E-state index contributed by atoms with van der Waals surface area (Å²) in [6, 6.07) is 6.64. The Balaban J connectivity index is 2.14. The summed E-state index contributed by atoms with van der Waals surface area (Å²) in [7, 11) is 0. The molecule has 1 atom stereocenters. The van der Waals surface area contributed by atoms with Crippen LogP contribution in [-0.4, -0.2) is 17.0 Å². The van der Waals surface area contributed by atoms with Crippen LogP contribution in [0.2, 0.25) is 0 Å². The summed E-state index contributed by atoms with van der Waals surface area (Å²) in [5.41, 5.74) is 0.694. The van der Waals surface area contributed by atoms with Gasteiger partial charge in [0.25, 0.3) is 0 Å². The Hall–Kier alpha value is -1.54. The van der Waals surface area contributed by atoms with Gasteiger partial charge in [-0.05, 0) is 31.0 Å². The summed E-state index contributed by atoms with van der Waals surface area (Å²) in [6.45, 7) is 2.10. The summed E-state index contributed by atoms with van der Waals surface area (Å²) in [4.78, 5) is 4.52. The number of thioether (sulfide) groups is 1. The van der Waals surface area contributed by atoms with Crippen molar-refractivity contribution in [3.8, 4) is 6.07 Å². The molecule has 0 bridgehead atoms. The van der Waals surface area contributed by atoms with Gasteiger partial charge < -0.3 is 5.32 Å². The minimum atomic E-state index is -0.420. The molecule has 2 rings (SSSR count). The smallest absolute Gasteiger partial charge is 0.161 e. The van der Waals surface area contributed by atoms with E-state index in [2.05, 4.69) is 17.2 Å². The highest BCUT2D eigenvalue weighted by Crippen LogP contribution is 2.23. The molecule has 1 aromatic carbocycles. The van der Waals surface area contributed by atoms with Crippen LogP contribution < -0.4 is 5.32 Å². The zero-order valence-electron chi connectivity index (χ0n) is 10.1. The molecule has 0 saturated carbocycles. The Bertz CT molecular complexity index is 507. The first kappa shape index (κ1) is 12.9. The van der Waals surface area contributed by atoms with Crippen LogP contribution in [0.25, 0.3) is 0 Å². The number of nitrogens with one attached hydrogen (secondary N) is 1. The fourth-order valence-electron chi connectivity index (χ4n) is 1.72. The molecule has 0 spiro atoms. The lowest BCUT2D eigenvalue weighted by Gasteiger charge is -2.19. The van der Waals surface area contributed by atoms with E-state index >= 15 is 0 Å². The Morgan fingerprint density at radius 2 is 2.44 bits per heavy atom. The minimum Gasteiger partial charge on any atom is -0.333 e. The van der Waals surface area contributed by atoms with E-state index in [-0.39, 0.29) is 0 Å². The van der Waals surface area contributed by atoms with Crippen LogP contribution in [-0.2, 0) is 0 Å². The second kappa shape index (κ2) is 5.87. The lowest BCUT2D eigenvalue weighted by molar-refractivity contribution is 0.629. The molecule has 0 fully saturated rings. The maximum Gasteiger partial charge on any atom is 0.161 e. The lowest BCUT2D eigenvalue weighted by Crippen LogP contribution is -2.20. The molecular weight excluding hydrogens is 249 g/mol. The van der Waals surface area contributed by atoms with E-state index in [1.807, 2.05) is 6.07 Å². The molecule has 1 aliphatic rings. The quantitative estimate of drug-likeness (QED) is 0.889. The monoisotopic (exact) mass is 263 g/mol. The molecule has 1 heterocycles. The fraction of sp³-hybridized carbons (Fsp3) is 0.385. The standard InChI is InChI=1S/C13H14FN3S/c1-2-10-5-6-18-13(16-10)17-12-4-3-9(8-15)7-11(12)14/h3-4,7,10H,2,5-6H2,1H3,(H,16,17). The van der Waals surface area contributed by atoms with Crippen molar-refractivity contribution in [2.45, 2.75) is 25.8 Å². The number of rotatable bonds is 2. The van der Waals surface area contributed by atoms with Crippen molar-refractivity contribution < 1.29 is 4.39 Å². The van der Waals surface area contributed by atoms with Gasteiger partial charge >= 0.3 is 0 Å². The van der Waals surface area contributed by atoms with Crippen molar-refractivity contribution in [1.29, 1.82) is 5.26 Å². The third-order valence-electron chi connectivity index (χ3n) is 2.80. The number of aliphatic imine (C=N–C) groups is 1. The van der Waals surface area contributed by atoms with Crippen LogP contribution in [0, 0.1) is 17.1 Å². The van der Waals surface area contributed by atoms with E-state index in [9.17, 15) is 4.39 Å². The lowest BCUT2D eigenvalue weighted by atomic mass is 10.2. The van der Waals surface area contributed by atoms with Crippen LogP contribution in [0.5, 0.6) is 0 Å². The Morgan fingerprint density at radius 1 is 1.61 bits per heavy atom. The zero-order chi connectivity index (χ0) is 13.0. The SMILES string of the molecule is CCC1CCSC(Nc2ccc(C#N)cc2F)=N1. The molecule has 3 nitrogen and oxygen atoms in total. The molecule has 1 aromatic rings. The average molecular weight is 263 g/mol. The number of benzene rings is 1. The molecule has 0 radical (unpaired) electrons. The number of anilines is 1. The second-order valence-electron chi connectivity index (χ2n) is 4.06. The number of hydrogen-bond donors (Lipinski definition) is 1. The van der Waals surface area contributed by atoms with E-state index in [0.717, 1.165) is 23.8 Å². The summed E-state index contributed by atoms with van der Waals surface area (Å²) >= 11 is 1.60. The summed E-state index contributed by atoms with van der Waals surface area (Å²) in [6.07, 6.45) is 2.07. The van der Waals surface area contributed by atoms with E-state index in [4.69, 9.17) is 5.26 Å². The molecule has 0 amide bonds. The number of nitriles is 1. The van der Waals surface area contributed by atoms with Gasteiger partial charge in [-0.15, -0.1) is 0 Å². The molecular formula is C13H14FN3S. The maximum atomic E-state index is 13.7. The Morgan fingerprint density at radius 3 is 3.11 bits per heavy atom. The normalized spacial score (nSPS) is 18.9. The molecule has 18 heavy (non-hydrogen) atoms. The first-order valence-electron chi connectivity index (χ1n) is 5.90. The van der Waals surface area contributed by atoms with E-state index in [0.29, 0.717) is 17.3 Å². The first-order valence-corrected chi connectivity index (χ1v) is 6.88. The Kier molecular flexibility index (Phi) is 4.21. The van der Waals surface area contributed by atoms with Gasteiger partial charge in [-0.1, -0.05) is 18.7 Å². The number of hydrogen-bond acceptors (Lipinski definition) is 4. The second-order valence-corrected chi connectivity index (χ2v) is 5.15. The van der Waals surface area contributed by atoms with Crippen molar-refractivity contribution in [1.82, 2.24) is 0 Å². The molecule has 5 heteroatoms. The molecule has 1 aliphatic heterocycles. The molecule has 1 N–H and O–H groups in total. The third kappa shape index (κ3) is 3.02. The van der Waals surface area contributed by atoms with Gasteiger partial charge in [0.2, 0.25) is 0 Å². The third-order valence-corrected chi connectivity index (χ3v) is 3.72. The van der Waals surface area contributed by atoms with Gasteiger partial charge in [-0.2, -0.15) is 5.26 Å². The van der Waals surface area contributed by atoms with Crippen LogP contribution >= 0.6 is 11.8 Å². The van der Waals surface area contributed by atoms with Crippen molar-refractivity contribution in [3.63, 3.8) is 0 Å².